The van der Waals surface area contributed by atoms with Gasteiger partial charge in [-0.25, -0.2) is 14.2 Å². The maximum Gasteiger partial charge on any atom is 0.419 e. The highest BCUT2D eigenvalue weighted by Crippen LogP contribution is 2.33. The van der Waals surface area contributed by atoms with Gasteiger partial charge >= 0.3 is 12.2 Å². The molecule has 13 heteroatoms. The van der Waals surface area contributed by atoms with Crippen LogP contribution in [0.5, 0.6) is 5.75 Å². The van der Waals surface area contributed by atoms with Crippen molar-refractivity contribution in [1.82, 2.24) is 5.32 Å². The number of aliphatic imine (C=N–C) groups is 2. The molecule has 2 aromatic rings. The van der Waals surface area contributed by atoms with E-state index in [-0.39, 0.29) is 45.7 Å². The number of benzene rings is 2. The van der Waals surface area contributed by atoms with Crippen LogP contribution in [0.4, 0.5) is 33.7 Å². The average Bonchev–Trinajstić information content (AvgIpc) is 3.66. The zero-order valence-electron chi connectivity index (χ0n) is 18.7. The van der Waals surface area contributed by atoms with E-state index >= 15 is 0 Å². The minimum Gasteiger partial charge on any atom is -0.439 e. The number of rotatable bonds is 7. The van der Waals surface area contributed by atoms with Crippen molar-refractivity contribution in [3.8, 4) is 5.75 Å². The molecule has 0 unspecified atom stereocenters. The minimum atomic E-state index is -4.92. The SMILES string of the molecule is C=N/C(=C\C(=N/C)Oc1ccc(NC(=O)Nc2ccc(F)c(C(F)(F)F)c2)c(Cl)c1)NC(=O)C1CC1. The van der Waals surface area contributed by atoms with Crippen LogP contribution < -0.4 is 20.7 Å². The zero-order valence-corrected chi connectivity index (χ0v) is 19.5. The Hall–Kier alpha value is -3.93. The van der Waals surface area contributed by atoms with E-state index < -0.39 is 23.6 Å². The summed E-state index contributed by atoms with van der Waals surface area (Å²) in [6.07, 6.45) is -1.91. The first-order valence-corrected chi connectivity index (χ1v) is 10.8. The number of nitrogens with zero attached hydrogens (tertiary/aromatic N) is 2. The van der Waals surface area contributed by atoms with Crippen LogP contribution in [0.3, 0.4) is 0 Å². The number of halogens is 5. The molecule has 190 valence electrons. The summed E-state index contributed by atoms with van der Waals surface area (Å²) in [5.41, 5.74) is -1.66. The summed E-state index contributed by atoms with van der Waals surface area (Å²) in [6, 6.07) is 5.36. The smallest absolute Gasteiger partial charge is 0.419 e. The average molecular weight is 526 g/mol. The fourth-order valence-electron chi connectivity index (χ4n) is 2.84. The Morgan fingerprint density at radius 1 is 1.17 bits per heavy atom. The van der Waals surface area contributed by atoms with E-state index in [1.807, 2.05) is 0 Å². The van der Waals surface area contributed by atoms with E-state index in [4.69, 9.17) is 16.3 Å². The van der Waals surface area contributed by atoms with Gasteiger partial charge in [0.15, 0.2) is 0 Å². The molecule has 0 saturated heterocycles. The molecule has 1 fully saturated rings. The maximum atomic E-state index is 13.4. The van der Waals surface area contributed by atoms with Crippen molar-refractivity contribution >= 4 is 47.5 Å². The van der Waals surface area contributed by atoms with Crippen LogP contribution in [-0.4, -0.2) is 31.6 Å². The van der Waals surface area contributed by atoms with Gasteiger partial charge in [0.1, 0.15) is 17.4 Å². The molecule has 0 aliphatic heterocycles. The second-order valence-corrected chi connectivity index (χ2v) is 7.94. The zero-order chi connectivity index (χ0) is 26.5. The summed E-state index contributed by atoms with van der Waals surface area (Å²) in [6.45, 7) is 3.41. The molecule has 2 aromatic carbocycles. The van der Waals surface area contributed by atoms with Crippen molar-refractivity contribution in [2.24, 2.45) is 15.9 Å². The van der Waals surface area contributed by atoms with Gasteiger partial charge in [-0.2, -0.15) is 13.2 Å². The van der Waals surface area contributed by atoms with E-state index in [0.29, 0.717) is 12.1 Å². The number of hydrogen-bond acceptors (Lipinski definition) is 5. The molecular formula is C23H20ClF4N5O3. The van der Waals surface area contributed by atoms with E-state index in [2.05, 4.69) is 32.7 Å². The van der Waals surface area contributed by atoms with E-state index in [1.54, 1.807) is 0 Å². The Morgan fingerprint density at radius 2 is 1.89 bits per heavy atom. The molecule has 0 spiro atoms. The Labute approximate surface area is 208 Å². The lowest BCUT2D eigenvalue weighted by Crippen LogP contribution is -2.24. The molecule has 3 N–H and O–H groups in total. The van der Waals surface area contributed by atoms with Crippen LogP contribution in [0.25, 0.3) is 0 Å². The second kappa shape index (κ2) is 11.2. The van der Waals surface area contributed by atoms with Crippen molar-refractivity contribution in [1.29, 1.82) is 0 Å². The fraction of sp³-hybridized carbons (Fsp3) is 0.217. The largest absolute Gasteiger partial charge is 0.439 e. The predicted octanol–water partition coefficient (Wildman–Crippen LogP) is 5.62. The summed E-state index contributed by atoms with van der Waals surface area (Å²) in [7, 11) is 1.46. The molecule has 0 aromatic heterocycles. The fourth-order valence-corrected chi connectivity index (χ4v) is 3.06. The number of alkyl halides is 3. The number of hydrogen-bond donors (Lipinski definition) is 3. The summed E-state index contributed by atoms with van der Waals surface area (Å²) < 4.78 is 57.6. The van der Waals surface area contributed by atoms with Crippen molar-refractivity contribution in [3.63, 3.8) is 0 Å². The van der Waals surface area contributed by atoms with Gasteiger partial charge in [-0.15, -0.1) is 0 Å². The lowest BCUT2D eigenvalue weighted by atomic mass is 10.2. The van der Waals surface area contributed by atoms with Gasteiger partial charge in [-0.05, 0) is 49.9 Å². The van der Waals surface area contributed by atoms with Gasteiger partial charge in [0.05, 0.1) is 16.3 Å². The third-order valence-corrected chi connectivity index (χ3v) is 5.10. The van der Waals surface area contributed by atoms with Crippen LogP contribution in [0.2, 0.25) is 5.02 Å². The molecular weight excluding hydrogens is 506 g/mol. The lowest BCUT2D eigenvalue weighted by Gasteiger charge is -2.13. The van der Waals surface area contributed by atoms with Crippen LogP contribution in [0, 0.1) is 11.7 Å². The summed E-state index contributed by atoms with van der Waals surface area (Å²) >= 11 is 6.19. The molecule has 3 amide bonds. The van der Waals surface area contributed by atoms with E-state index in [1.165, 1.54) is 31.3 Å². The molecule has 0 heterocycles. The number of urea groups is 1. The predicted molar refractivity (Wildman–Crippen MR) is 128 cm³/mol. The molecule has 1 aliphatic carbocycles. The Kier molecular flexibility index (Phi) is 8.30. The highest BCUT2D eigenvalue weighted by atomic mass is 35.5. The van der Waals surface area contributed by atoms with Crippen molar-refractivity contribution in [3.05, 3.63) is 64.7 Å². The number of ether oxygens (including phenoxy) is 1. The highest BCUT2D eigenvalue weighted by molar-refractivity contribution is 6.34. The van der Waals surface area contributed by atoms with Gasteiger partial charge in [-0.1, -0.05) is 11.6 Å². The molecule has 36 heavy (non-hydrogen) atoms. The molecule has 3 rings (SSSR count). The first-order valence-electron chi connectivity index (χ1n) is 10.4. The molecule has 1 aliphatic rings. The number of anilines is 2. The summed E-state index contributed by atoms with van der Waals surface area (Å²) in [5.74, 6) is -1.20. The monoisotopic (exact) mass is 525 g/mol. The highest BCUT2D eigenvalue weighted by Gasteiger charge is 2.34. The number of carbonyl (C=O) groups excluding carboxylic acids is 2. The first-order chi connectivity index (χ1) is 17.0. The van der Waals surface area contributed by atoms with Crippen LogP contribution >= 0.6 is 11.6 Å². The van der Waals surface area contributed by atoms with E-state index in [0.717, 1.165) is 18.9 Å². The molecule has 0 radical (unpaired) electrons. The summed E-state index contributed by atoms with van der Waals surface area (Å²) in [5, 5.41) is 7.23. The lowest BCUT2D eigenvalue weighted by molar-refractivity contribution is -0.140. The molecule has 8 nitrogen and oxygen atoms in total. The van der Waals surface area contributed by atoms with Gasteiger partial charge in [-0.3, -0.25) is 9.79 Å². The van der Waals surface area contributed by atoms with Gasteiger partial charge < -0.3 is 20.7 Å². The number of amides is 3. The molecule has 0 atom stereocenters. The first kappa shape index (κ1) is 26.7. The second-order valence-electron chi connectivity index (χ2n) is 7.53. The molecule has 1 saturated carbocycles. The molecule has 0 bridgehead atoms. The maximum absolute atomic E-state index is 13.4. The quantitative estimate of drug-likeness (QED) is 0.248. The van der Waals surface area contributed by atoms with E-state index in [9.17, 15) is 27.2 Å². The van der Waals surface area contributed by atoms with Crippen LogP contribution in [0.1, 0.15) is 18.4 Å². The van der Waals surface area contributed by atoms with Crippen molar-refractivity contribution < 1.29 is 31.9 Å². The standard InChI is InChI=1S/C23H20ClF4N5O3/c1-29-19(33-21(34)12-3-4-12)11-20(30-2)36-14-6-8-18(16(24)10-14)32-22(35)31-13-5-7-17(25)15(9-13)23(26,27)28/h5-12H,1,3-4H2,2H3,(H,33,34)(H2,31,32,35)/b19-11+,30-20+. The third-order valence-electron chi connectivity index (χ3n) is 4.79. The number of nitrogens with one attached hydrogen (secondary N) is 3. The Bertz CT molecular complexity index is 1240. The minimum absolute atomic E-state index is 0.0381. The van der Waals surface area contributed by atoms with Gasteiger partial charge in [0.2, 0.25) is 11.8 Å². The number of carbonyl (C=O) groups is 2. The topological polar surface area (TPSA) is 104 Å². The third kappa shape index (κ3) is 7.28. The van der Waals surface area contributed by atoms with Crippen LogP contribution in [-0.2, 0) is 11.0 Å². The van der Waals surface area contributed by atoms with Crippen LogP contribution in [0.15, 0.2) is 58.3 Å². The Balaban J connectivity index is 1.65. The van der Waals surface area contributed by atoms with Gasteiger partial charge in [0, 0.05) is 30.8 Å². The summed E-state index contributed by atoms with van der Waals surface area (Å²) in [4.78, 5) is 31.8. The van der Waals surface area contributed by atoms with Gasteiger partial charge in [0.25, 0.3) is 0 Å². The van der Waals surface area contributed by atoms with Crippen molar-refractivity contribution in [2.45, 2.75) is 19.0 Å². The van der Waals surface area contributed by atoms with Crippen molar-refractivity contribution in [2.75, 3.05) is 17.7 Å². The normalized spacial score (nSPS) is 14.2. The Morgan fingerprint density at radius 3 is 2.47 bits per heavy atom.